The summed E-state index contributed by atoms with van der Waals surface area (Å²) in [5.41, 5.74) is 0. The fourth-order valence-corrected chi connectivity index (χ4v) is 6.72. The minimum atomic E-state index is -0.880. The first kappa shape index (κ1) is 56.0. The number of hydrogen-bond donors (Lipinski definition) is 1. The predicted octanol–water partition coefficient (Wildman–Crippen LogP) is 13.4. The van der Waals surface area contributed by atoms with Crippen LogP contribution in [0.15, 0.2) is 60.8 Å². The van der Waals surface area contributed by atoms with Crippen molar-refractivity contribution >= 4 is 17.9 Å². The van der Waals surface area contributed by atoms with Crippen molar-refractivity contribution in [1.82, 2.24) is 0 Å². The number of quaternary nitrogens is 1. The predicted molar refractivity (Wildman–Crippen MR) is 247 cm³/mol. The molecule has 0 saturated carbocycles. The lowest BCUT2D eigenvalue weighted by Gasteiger charge is -2.31. The van der Waals surface area contributed by atoms with Crippen LogP contribution >= 0.6 is 0 Å². The first-order chi connectivity index (χ1) is 28.6. The van der Waals surface area contributed by atoms with Crippen molar-refractivity contribution in [1.29, 1.82) is 0 Å². The first-order valence-corrected chi connectivity index (χ1v) is 23.8. The molecule has 0 aromatic carbocycles. The molecule has 0 aliphatic heterocycles. The fraction of sp³-hybridized carbons (Fsp3) is 0.745. The van der Waals surface area contributed by atoms with Crippen LogP contribution < -0.4 is 0 Å². The van der Waals surface area contributed by atoms with Gasteiger partial charge in [0.2, 0.25) is 0 Å². The molecule has 0 fully saturated rings. The molecule has 0 aromatic heterocycles. The first-order valence-electron chi connectivity index (χ1n) is 23.8. The van der Waals surface area contributed by atoms with E-state index >= 15 is 0 Å². The van der Waals surface area contributed by atoms with E-state index < -0.39 is 18.1 Å². The number of likely N-dealkylation sites (N-methyl/N-ethyl adjacent to an activating group) is 1. The lowest BCUT2D eigenvalue weighted by molar-refractivity contribution is -0.887. The molecule has 0 rings (SSSR count). The minimum absolute atomic E-state index is 0.0515. The average molecular weight is 829 g/mol. The molecule has 2 unspecified atom stereocenters. The van der Waals surface area contributed by atoms with Gasteiger partial charge in [0.15, 0.2) is 12.1 Å². The standard InChI is InChI=1S/C51H89NO7/c1-6-8-10-12-14-16-18-20-22-24-25-26-28-29-31-33-35-37-39-41-49(53)58-46-47(45-57-44-43-48(51(55)56)52(3,4)5)59-50(54)42-40-38-36-34-32-30-27-23-21-19-17-15-13-11-9-7-2/h8,10,14,16,20,22-23,25-27,47-48H,6-7,9,11-13,15,17-19,21,24,28-46H2,1-5H3/p+1/b10-8+,16-14+,22-20+,26-25+,27-23+. The molecule has 59 heavy (non-hydrogen) atoms. The molecule has 0 aliphatic rings. The molecule has 0 radical (unpaired) electrons. The Balaban J connectivity index is 4.34. The summed E-state index contributed by atoms with van der Waals surface area (Å²) >= 11 is 0. The van der Waals surface area contributed by atoms with Crippen LogP contribution in [0.25, 0.3) is 0 Å². The van der Waals surface area contributed by atoms with Crippen LogP contribution in [0.4, 0.5) is 0 Å². The molecule has 0 heterocycles. The molecular weight excluding hydrogens is 739 g/mol. The highest BCUT2D eigenvalue weighted by Crippen LogP contribution is 2.14. The van der Waals surface area contributed by atoms with Crippen LogP contribution in [0.2, 0.25) is 0 Å². The molecule has 2 atom stereocenters. The van der Waals surface area contributed by atoms with Crippen LogP contribution in [0.5, 0.6) is 0 Å². The van der Waals surface area contributed by atoms with Gasteiger partial charge in [-0.05, 0) is 77.0 Å². The van der Waals surface area contributed by atoms with Gasteiger partial charge in [-0.15, -0.1) is 0 Å². The van der Waals surface area contributed by atoms with Crippen molar-refractivity contribution in [2.45, 2.75) is 206 Å². The number of carboxylic acid groups (broad SMARTS) is 1. The van der Waals surface area contributed by atoms with Gasteiger partial charge in [0.05, 0.1) is 34.4 Å². The highest BCUT2D eigenvalue weighted by atomic mass is 16.6. The van der Waals surface area contributed by atoms with E-state index in [4.69, 9.17) is 14.2 Å². The Morgan fingerprint density at radius 3 is 1.42 bits per heavy atom. The van der Waals surface area contributed by atoms with Gasteiger partial charge in [-0.1, -0.05) is 158 Å². The van der Waals surface area contributed by atoms with Crippen molar-refractivity contribution in [2.24, 2.45) is 0 Å². The van der Waals surface area contributed by atoms with Gasteiger partial charge < -0.3 is 23.8 Å². The second-order valence-corrected chi connectivity index (χ2v) is 17.0. The van der Waals surface area contributed by atoms with Crippen LogP contribution in [0.3, 0.4) is 0 Å². The summed E-state index contributed by atoms with van der Waals surface area (Å²) in [4.78, 5) is 37.1. The van der Waals surface area contributed by atoms with Gasteiger partial charge in [-0.2, -0.15) is 0 Å². The van der Waals surface area contributed by atoms with Gasteiger partial charge in [0, 0.05) is 19.3 Å². The molecule has 0 spiro atoms. The number of nitrogens with zero attached hydrogens (tertiary/aromatic N) is 1. The monoisotopic (exact) mass is 829 g/mol. The largest absolute Gasteiger partial charge is 0.477 e. The van der Waals surface area contributed by atoms with E-state index in [0.717, 1.165) is 89.9 Å². The van der Waals surface area contributed by atoms with Crippen LogP contribution in [-0.2, 0) is 28.6 Å². The van der Waals surface area contributed by atoms with Gasteiger partial charge in [0.1, 0.15) is 6.61 Å². The van der Waals surface area contributed by atoms with E-state index in [2.05, 4.69) is 74.6 Å². The highest BCUT2D eigenvalue weighted by Gasteiger charge is 2.31. The second kappa shape index (κ2) is 41.8. The van der Waals surface area contributed by atoms with Gasteiger partial charge >= 0.3 is 17.9 Å². The van der Waals surface area contributed by atoms with Crippen molar-refractivity contribution in [3.05, 3.63) is 60.8 Å². The summed E-state index contributed by atoms with van der Waals surface area (Å²) in [6.45, 7) is 4.60. The molecule has 0 aliphatic carbocycles. The molecule has 0 aromatic rings. The average Bonchev–Trinajstić information content (AvgIpc) is 3.19. The van der Waals surface area contributed by atoms with Gasteiger partial charge in [-0.3, -0.25) is 9.59 Å². The van der Waals surface area contributed by atoms with Crippen molar-refractivity contribution in [2.75, 3.05) is 41.0 Å². The number of ether oxygens (including phenoxy) is 3. The van der Waals surface area contributed by atoms with Crippen LogP contribution in [0, 0.1) is 0 Å². The van der Waals surface area contributed by atoms with E-state index in [1.54, 1.807) is 0 Å². The van der Waals surface area contributed by atoms with E-state index in [9.17, 15) is 19.5 Å². The number of esters is 2. The Kier molecular flexibility index (Phi) is 39.6. The molecule has 8 heteroatoms. The Hall–Kier alpha value is -2.97. The maximum absolute atomic E-state index is 12.8. The number of hydrogen-bond acceptors (Lipinski definition) is 6. The maximum Gasteiger partial charge on any atom is 0.362 e. The highest BCUT2D eigenvalue weighted by molar-refractivity contribution is 5.72. The van der Waals surface area contributed by atoms with Gasteiger partial charge in [0.25, 0.3) is 0 Å². The molecule has 0 amide bonds. The SMILES string of the molecule is CC/C=C/C/C=C/C/C=C/C/C=C/CCCCCCCCC(=O)OCC(COCCC(C(=O)O)[N+](C)(C)C)OC(=O)CCCCCCC/C=C/CCCCCCCCC. The summed E-state index contributed by atoms with van der Waals surface area (Å²) in [5.74, 6) is -1.50. The van der Waals surface area contributed by atoms with Crippen LogP contribution in [0.1, 0.15) is 194 Å². The van der Waals surface area contributed by atoms with Gasteiger partial charge in [-0.25, -0.2) is 4.79 Å². The summed E-state index contributed by atoms with van der Waals surface area (Å²) in [5, 5.41) is 9.63. The number of aliphatic carboxylic acids is 1. The number of carbonyl (C=O) groups is 3. The van der Waals surface area contributed by atoms with E-state index in [-0.39, 0.29) is 36.2 Å². The summed E-state index contributed by atoms with van der Waals surface area (Å²) in [6.07, 6.45) is 51.2. The Morgan fingerprint density at radius 2 is 0.949 bits per heavy atom. The smallest absolute Gasteiger partial charge is 0.362 e. The summed E-state index contributed by atoms with van der Waals surface area (Å²) in [7, 11) is 5.52. The number of carboxylic acids is 1. The Labute approximate surface area is 362 Å². The number of unbranched alkanes of at least 4 members (excludes halogenated alkanes) is 18. The molecular formula is C51H90NO7+. The third kappa shape index (κ3) is 40.2. The second-order valence-electron chi connectivity index (χ2n) is 17.0. The fourth-order valence-electron chi connectivity index (χ4n) is 6.72. The zero-order valence-electron chi connectivity index (χ0n) is 38.7. The lowest BCUT2D eigenvalue weighted by atomic mass is 10.1. The summed E-state index contributed by atoms with van der Waals surface area (Å²) in [6, 6.07) is -0.620. The van der Waals surface area contributed by atoms with Crippen molar-refractivity contribution in [3.8, 4) is 0 Å². The normalized spacial score (nSPS) is 13.4. The molecule has 0 saturated heterocycles. The molecule has 0 bridgehead atoms. The number of rotatable bonds is 42. The topological polar surface area (TPSA) is 99.1 Å². The third-order valence-corrected chi connectivity index (χ3v) is 10.4. The summed E-state index contributed by atoms with van der Waals surface area (Å²) < 4.78 is 17.3. The third-order valence-electron chi connectivity index (χ3n) is 10.4. The molecule has 8 nitrogen and oxygen atoms in total. The Morgan fingerprint density at radius 1 is 0.525 bits per heavy atom. The van der Waals surface area contributed by atoms with E-state index in [0.29, 0.717) is 19.3 Å². The van der Waals surface area contributed by atoms with E-state index in [1.807, 2.05) is 21.1 Å². The number of carbonyl (C=O) groups excluding carboxylic acids is 2. The van der Waals surface area contributed by atoms with E-state index in [1.165, 1.54) is 70.6 Å². The minimum Gasteiger partial charge on any atom is -0.477 e. The number of allylic oxidation sites excluding steroid dienone is 10. The zero-order chi connectivity index (χ0) is 43.5. The quantitative estimate of drug-likeness (QED) is 0.0283. The molecule has 340 valence electrons. The zero-order valence-corrected chi connectivity index (χ0v) is 38.7. The van der Waals surface area contributed by atoms with Crippen molar-refractivity contribution < 1.29 is 38.2 Å². The maximum atomic E-state index is 12.8. The Bertz CT molecular complexity index is 1150. The molecule has 1 N–H and O–H groups in total. The lowest BCUT2D eigenvalue weighted by Crippen LogP contribution is -2.50. The van der Waals surface area contributed by atoms with Crippen molar-refractivity contribution in [3.63, 3.8) is 0 Å². The van der Waals surface area contributed by atoms with Crippen LogP contribution in [-0.4, -0.2) is 80.6 Å².